The van der Waals surface area contributed by atoms with E-state index in [-0.39, 0.29) is 17.7 Å². The zero-order valence-corrected chi connectivity index (χ0v) is 17.4. The van der Waals surface area contributed by atoms with Gasteiger partial charge < -0.3 is 13.8 Å². The van der Waals surface area contributed by atoms with Crippen molar-refractivity contribution in [1.82, 2.24) is 0 Å². The summed E-state index contributed by atoms with van der Waals surface area (Å²) in [7, 11) is -3.45. The molecule has 0 aromatic heterocycles. The Balaban J connectivity index is 2.04. The molecule has 0 amide bonds. The Kier molecular flexibility index (Phi) is 5.14. The van der Waals surface area contributed by atoms with E-state index in [2.05, 4.69) is 21.7 Å². The van der Waals surface area contributed by atoms with Crippen LogP contribution in [0.2, 0.25) is 0 Å². The summed E-state index contributed by atoms with van der Waals surface area (Å²) >= 11 is 0. The second kappa shape index (κ2) is 7.13. The molecule has 1 fully saturated rings. The molecule has 0 bridgehead atoms. The van der Waals surface area contributed by atoms with Gasteiger partial charge in [0, 0.05) is 23.4 Å². The Morgan fingerprint density at radius 3 is 2.36 bits per heavy atom. The minimum absolute atomic E-state index is 0.0117. The van der Waals surface area contributed by atoms with Gasteiger partial charge in [0.2, 0.25) is 0 Å². The molecule has 2 aromatic carbocycles. The Morgan fingerprint density at radius 2 is 1.75 bits per heavy atom. The Bertz CT molecular complexity index is 1050. The molecule has 0 aliphatic carbocycles. The number of hydrogen-bond donors (Lipinski definition) is 0. The number of benzene rings is 2. The molecule has 0 N–H and O–H groups in total. The molecule has 2 atom stereocenters. The van der Waals surface area contributed by atoms with Crippen molar-refractivity contribution < 1.29 is 21.2 Å². The fourth-order valence-corrected chi connectivity index (χ4v) is 4.04. The highest BCUT2D eigenvalue weighted by Gasteiger charge is 2.41. The van der Waals surface area contributed by atoms with E-state index in [9.17, 15) is 12.3 Å². The van der Waals surface area contributed by atoms with Gasteiger partial charge in [-0.1, -0.05) is 29.5 Å². The van der Waals surface area contributed by atoms with Gasteiger partial charge in [-0.3, -0.25) is 0 Å². The molecule has 1 aliphatic rings. The predicted octanol–water partition coefficient (Wildman–Crippen LogP) is 4.92. The van der Waals surface area contributed by atoms with Crippen LogP contribution in [0.15, 0.2) is 42.6 Å². The minimum atomic E-state index is -5.09. The molecule has 0 radical (unpaired) electrons. The maximum Gasteiger partial charge on any atom is 0.488 e. The van der Waals surface area contributed by atoms with Crippen LogP contribution in [0, 0.1) is 26.7 Å². The first-order valence-corrected chi connectivity index (χ1v) is 10.2. The summed E-state index contributed by atoms with van der Waals surface area (Å²) in [6, 6.07) is 9.15. The van der Waals surface area contributed by atoms with Gasteiger partial charge in [0.05, 0.1) is 13.2 Å². The van der Waals surface area contributed by atoms with Gasteiger partial charge in [0.25, 0.3) is 0 Å². The second-order valence-electron chi connectivity index (χ2n) is 7.19. The molecule has 7 heteroatoms. The van der Waals surface area contributed by atoms with Gasteiger partial charge in [-0.15, -0.1) is 0 Å². The molecule has 0 unspecified atom stereocenters. The number of rotatable bonds is 5. The van der Waals surface area contributed by atoms with Gasteiger partial charge in [-0.25, -0.2) is 0 Å². The smallest absolute Gasteiger partial charge is 0.488 e. The summed E-state index contributed by atoms with van der Waals surface area (Å²) in [6.45, 7) is 11.9. The Morgan fingerprint density at radius 1 is 1.07 bits per heavy atom. The number of aryl methyl sites for hydroxylation is 2. The monoisotopic (exact) mass is 405 g/mol. The molecule has 28 heavy (non-hydrogen) atoms. The van der Waals surface area contributed by atoms with Crippen molar-refractivity contribution in [2.24, 2.45) is 5.92 Å². The van der Waals surface area contributed by atoms with Crippen molar-refractivity contribution in [2.45, 2.75) is 33.7 Å². The lowest BCUT2D eigenvalue weighted by Crippen LogP contribution is -2.45. The van der Waals surface area contributed by atoms with Crippen LogP contribution in [-0.4, -0.2) is 15.5 Å². The summed E-state index contributed by atoms with van der Waals surface area (Å²) in [4.78, 5) is 2.08. The average Bonchev–Trinajstić information content (AvgIpc) is 2.62. The third-order valence-corrected chi connectivity index (χ3v) is 5.81. The molecular formula is C21H24FNO4S. The maximum absolute atomic E-state index is 13.0. The normalized spacial score (nSPS) is 19.4. The molecule has 150 valence electrons. The van der Waals surface area contributed by atoms with Crippen molar-refractivity contribution in [2.75, 3.05) is 12.0 Å². The fourth-order valence-electron chi connectivity index (χ4n) is 3.64. The van der Waals surface area contributed by atoms with Crippen LogP contribution in [0.3, 0.4) is 0 Å². The first-order valence-electron chi connectivity index (χ1n) is 8.91. The SMILES string of the molecule is C=C1[C@@H](C)[C@H](c2ccc(C)c(OS(=O)(=O)F)c2)N1c1cc(C)c(C)c(OC)c1. The second-order valence-corrected chi connectivity index (χ2v) is 8.14. The minimum Gasteiger partial charge on any atom is -0.496 e. The number of nitrogens with zero attached hydrogens (tertiary/aromatic N) is 1. The van der Waals surface area contributed by atoms with Crippen molar-refractivity contribution in [1.29, 1.82) is 0 Å². The number of anilines is 1. The van der Waals surface area contributed by atoms with Gasteiger partial charge >= 0.3 is 10.5 Å². The molecule has 0 spiro atoms. The summed E-state index contributed by atoms with van der Waals surface area (Å²) in [5.74, 6) is 0.907. The quantitative estimate of drug-likeness (QED) is 0.661. The van der Waals surface area contributed by atoms with Gasteiger partial charge in [0.15, 0.2) is 0 Å². The van der Waals surface area contributed by atoms with E-state index in [1.165, 1.54) is 0 Å². The molecule has 5 nitrogen and oxygen atoms in total. The molecular weight excluding hydrogens is 381 g/mol. The number of methoxy groups -OCH3 is 1. The van der Waals surface area contributed by atoms with Crippen molar-refractivity contribution in [3.8, 4) is 11.5 Å². The van der Waals surface area contributed by atoms with Crippen molar-refractivity contribution in [3.63, 3.8) is 0 Å². The third kappa shape index (κ3) is 3.58. The molecule has 1 saturated heterocycles. The van der Waals surface area contributed by atoms with Crippen LogP contribution in [-0.2, 0) is 10.5 Å². The standard InChI is InChI=1S/C21H24FNO4S/c1-12-7-8-17(10-19(12)27-28(22,24)25)21-15(4)16(5)23(21)18-9-13(2)14(3)20(11-18)26-6/h7-11,15,21H,5H2,1-4,6H3/t15-,21-/m1/s1. The summed E-state index contributed by atoms with van der Waals surface area (Å²) in [5, 5.41) is 0. The molecule has 1 aliphatic heterocycles. The van der Waals surface area contributed by atoms with E-state index in [1.807, 2.05) is 32.9 Å². The average molecular weight is 405 g/mol. The van der Waals surface area contributed by atoms with Crippen LogP contribution < -0.4 is 13.8 Å². The van der Waals surface area contributed by atoms with E-state index >= 15 is 0 Å². The first-order chi connectivity index (χ1) is 13.0. The van der Waals surface area contributed by atoms with Crippen LogP contribution in [0.25, 0.3) is 0 Å². The van der Waals surface area contributed by atoms with E-state index < -0.39 is 10.5 Å². The lowest BCUT2D eigenvalue weighted by molar-refractivity contribution is 0.394. The number of ether oxygens (including phenoxy) is 1. The lowest BCUT2D eigenvalue weighted by atomic mass is 9.80. The van der Waals surface area contributed by atoms with E-state index in [0.29, 0.717) is 5.56 Å². The van der Waals surface area contributed by atoms with Gasteiger partial charge in [-0.05, 0) is 55.2 Å². The molecule has 0 saturated carbocycles. The zero-order chi connectivity index (χ0) is 20.8. The summed E-state index contributed by atoms with van der Waals surface area (Å²) in [6.07, 6.45) is 0. The Hall–Kier alpha value is -2.54. The highest BCUT2D eigenvalue weighted by molar-refractivity contribution is 7.81. The van der Waals surface area contributed by atoms with Crippen LogP contribution in [0.1, 0.15) is 35.2 Å². The van der Waals surface area contributed by atoms with Gasteiger partial charge in [-0.2, -0.15) is 8.42 Å². The zero-order valence-electron chi connectivity index (χ0n) is 16.6. The topological polar surface area (TPSA) is 55.8 Å². The number of hydrogen-bond acceptors (Lipinski definition) is 5. The first kappa shape index (κ1) is 20.2. The van der Waals surface area contributed by atoms with Crippen LogP contribution in [0.4, 0.5) is 9.57 Å². The molecule has 2 aromatic rings. The summed E-state index contributed by atoms with van der Waals surface area (Å²) < 4.78 is 44.9. The largest absolute Gasteiger partial charge is 0.496 e. The summed E-state index contributed by atoms with van der Waals surface area (Å²) in [5.41, 5.74) is 5.40. The van der Waals surface area contributed by atoms with Crippen LogP contribution >= 0.6 is 0 Å². The van der Waals surface area contributed by atoms with Gasteiger partial charge in [0.1, 0.15) is 11.5 Å². The van der Waals surface area contributed by atoms with Crippen molar-refractivity contribution in [3.05, 3.63) is 64.9 Å². The lowest BCUT2D eigenvalue weighted by Gasteiger charge is -2.50. The molecule has 1 heterocycles. The maximum atomic E-state index is 13.0. The van der Waals surface area contributed by atoms with E-state index in [0.717, 1.165) is 33.8 Å². The van der Waals surface area contributed by atoms with Crippen LogP contribution in [0.5, 0.6) is 11.5 Å². The Labute approximate surface area is 165 Å². The highest BCUT2D eigenvalue weighted by Crippen LogP contribution is 2.50. The third-order valence-electron chi connectivity index (χ3n) is 5.43. The predicted molar refractivity (Wildman–Crippen MR) is 108 cm³/mol. The van der Waals surface area contributed by atoms with E-state index in [1.54, 1.807) is 26.2 Å². The molecule has 3 rings (SSSR count). The van der Waals surface area contributed by atoms with E-state index in [4.69, 9.17) is 4.74 Å². The van der Waals surface area contributed by atoms with Crippen molar-refractivity contribution >= 4 is 16.2 Å². The fraction of sp³-hybridized carbons (Fsp3) is 0.333. The highest BCUT2D eigenvalue weighted by atomic mass is 32.3. The number of halogens is 1.